The minimum Gasteiger partial charge on any atom is -0.367 e. The maximum Gasteiger partial charge on any atom is 0.411 e. The van der Waals surface area contributed by atoms with Crippen LogP contribution in [0, 0.1) is 0 Å². The number of alkyl halides is 3. The van der Waals surface area contributed by atoms with Gasteiger partial charge in [-0.05, 0) is 36.6 Å². The lowest BCUT2D eigenvalue weighted by molar-refractivity contribution is -0.176. The maximum absolute atomic E-state index is 12.1. The number of benzene rings is 1. The van der Waals surface area contributed by atoms with Gasteiger partial charge >= 0.3 is 6.18 Å². The molecule has 0 heterocycles. The van der Waals surface area contributed by atoms with E-state index in [2.05, 4.69) is 26.6 Å². The van der Waals surface area contributed by atoms with Crippen molar-refractivity contribution >= 4 is 17.7 Å². The van der Waals surface area contributed by atoms with Gasteiger partial charge in [-0.3, -0.25) is 4.99 Å². The minimum absolute atomic E-state index is 0.0469. The van der Waals surface area contributed by atoms with Crippen molar-refractivity contribution in [3.05, 3.63) is 35.4 Å². The van der Waals surface area contributed by atoms with Gasteiger partial charge in [-0.25, -0.2) is 0 Å². The number of halogens is 3. The molecule has 26 heavy (non-hydrogen) atoms. The molecule has 0 aromatic heterocycles. The van der Waals surface area contributed by atoms with Gasteiger partial charge in [-0.15, -0.1) is 0 Å². The van der Waals surface area contributed by atoms with Crippen molar-refractivity contribution in [2.24, 2.45) is 4.99 Å². The summed E-state index contributed by atoms with van der Waals surface area (Å²) in [5.74, 6) is 0.773. The Morgan fingerprint density at radius 3 is 2.50 bits per heavy atom. The van der Waals surface area contributed by atoms with Crippen molar-refractivity contribution in [2.75, 3.05) is 19.9 Å². The van der Waals surface area contributed by atoms with Gasteiger partial charge in [-0.1, -0.05) is 24.3 Å². The molecule has 146 valence electrons. The lowest BCUT2D eigenvalue weighted by atomic mass is 10.1. The number of aliphatic imine (C=N–C) groups is 1. The molecule has 1 aliphatic rings. The molecule has 1 aliphatic carbocycles. The molecule has 2 atom stereocenters. The van der Waals surface area contributed by atoms with Gasteiger partial charge in [0.2, 0.25) is 0 Å². The van der Waals surface area contributed by atoms with Crippen molar-refractivity contribution in [1.29, 1.82) is 0 Å². The number of thioether (sulfide) groups is 1. The van der Waals surface area contributed by atoms with Crippen LogP contribution >= 0.6 is 11.8 Å². The van der Waals surface area contributed by atoms with Gasteiger partial charge in [0.1, 0.15) is 6.61 Å². The molecule has 8 heteroatoms. The minimum atomic E-state index is -4.29. The molecule has 0 saturated heterocycles. The molecule has 0 amide bonds. The first-order valence-electron chi connectivity index (χ1n) is 8.62. The number of guanidine groups is 1. The van der Waals surface area contributed by atoms with Crippen LogP contribution in [0.5, 0.6) is 0 Å². The number of hydrogen-bond acceptors (Lipinski definition) is 3. The summed E-state index contributed by atoms with van der Waals surface area (Å²) in [5.41, 5.74) is 1.75. The van der Waals surface area contributed by atoms with E-state index in [1.54, 1.807) is 19.2 Å². The molecular formula is C18H26F3N3OS. The summed E-state index contributed by atoms with van der Waals surface area (Å²) in [6.45, 7) is -0.673. The monoisotopic (exact) mass is 389 g/mol. The molecule has 0 spiro atoms. The molecule has 1 saturated carbocycles. The van der Waals surface area contributed by atoms with E-state index in [4.69, 9.17) is 0 Å². The average Bonchev–Trinajstić information content (AvgIpc) is 3.06. The smallest absolute Gasteiger partial charge is 0.367 e. The van der Waals surface area contributed by atoms with E-state index in [9.17, 15) is 13.2 Å². The van der Waals surface area contributed by atoms with Crippen LogP contribution in [0.1, 0.15) is 30.4 Å². The van der Waals surface area contributed by atoms with Crippen LogP contribution in [-0.2, 0) is 17.9 Å². The quantitative estimate of drug-likeness (QED) is 0.551. The second-order valence-electron chi connectivity index (χ2n) is 6.36. The van der Waals surface area contributed by atoms with Gasteiger partial charge in [0.15, 0.2) is 5.96 Å². The summed E-state index contributed by atoms with van der Waals surface area (Å²) >= 11 is 1.92. The molecule has 0 bridgehead atoms. The molecule has 4 nitrogen and oxygen atoms in total. The Kier molecular flexibility index (Phi) is 8.09. The fourth-order valence-corrected chi connectivity index (χ4v) is 3.69. The predicted octanol–water partition coefficient (Wildman–Crippen LogP) is 3.71. The Hall–Kier alpha value is -1.41. The van der Waals surface area contributed by atoms with Crippen molar-refractivity contribution < 1.29 is 17.9 Å². The Morgan fingerprint density at radius 1 is 1.23 bits per heavy atom. The second-order valence-corrected chi connectivity index (χ2v) is 7.50. The average molecular weight is 389 g/mol. The number of nitrogens with zero attached hydrogens (tertiary/aromatic N) is 1. The Bertz CT molecular complexity index is 578. The van der Waals surface area contributed by atoms with E-state index in [0.717, 1.165) is 35.2 Å². The third kappa shape index (κ3) is 7.45. The van der Waals surface area contributed by atoms with Crippen LogP contribution in [0.2, 0.25) is 0 Å². The van der Waals surface area contributed by atoms with Gasteiger partial charge in [0.25, 0.3) is 0 Å². The lowest BCUT2D eigenvalue weighted by Gasteiger charge is -2.17. The molecule has 2 unspecified atom stereocenters. The third-order valence-electron chi connectivity index (χ3n) is 4.30. The van der Waals surface area contributed by atoms with Crippen molar-refractivity contribution in [3.63, 3.8) is 0 Å². The topological polar surface area (TPSA) is 45.7 Å². The number of rotatable bonds is 7. The standard InChI is InChI=1S/C18H26F3N3OS/c1-22-17(24-15-7-8-16(9-15)26-2)23-10-13-3-5-14(6-4-13)11-25-12-18(19,20)21/h3-6,15-16H,7-12H2,1-2H3,(H2,22,23,24). The summed E-state index contributed by atoms with van der Waals surface area (Å²) in [7, 11) is 1.75. The van der Waals surface area contributed by atoms with Gasteiger partial charge in [0.05, 0.1) is 6.61 Å². The summed E-state index contributed by atoms with van der Waals surface area (Å²) < 4.78 is 40.9. The summed E-state index contributed by atoms with van der Waals surface area (Å²) in [6.07, 6.45) is 1.39. The van der Waals surface area contributed by atoms with E-state index >= 15 is 0 Å². The van der Waals surface area contributed by atoms with Crippen LogP contribution < -0.4 is 10.6 Å². The van der Waals surface area contributed by atoms with Crippen LogP contribution in [-0.4, -0.2) is 43.3 Å². The highest BCUT2D eigenvalue weighted by atomic mass is 32.2. The Morgan fingerprint density at radius 2 is 1.92 bits per heavy atom. The SMILES string of the molecule is CN=C(NCc1ccc(COCC(F)(F)F)cc1)NC1CCC(SC)C1. The number of nitrogens with one attached hydrogen (secondary N) is 2. The molecule has 1 aromatic rings. The van der Waals surface area contributed by atoms with E-state index in [0.29, 0.717) is 12.6 Å². The first kappa shape index (κ1) is 20.9. The highest BCUT2D eigenvalue weighted by Gasteiger charge is 2.27. The molecule has 1 aromatic carbocycles. The summed E-state index contributed by atoms with van der Waals surface area (Å²) in [5, 5.41) is 7.45. The van der Waals surface area contributed by atoms with Crippen LogP contribution in [0.15, 0.2) is 29.3 Å². The molecule has 0 aliphatic heterocycles. The first-order valence-corrected chi connectivity index (χ1v) is 9.90. The van der Waals surface area contributed by atoms with Gasteiger partial charge < -0.3 is 15.4 Å². The number of ether oxygens (including phenoxy) is 1. The predicted molar refractivity (Wildman–Crippen MR) is 100 cm³/mol. The normalized spacial score (nSPS) is 21.0. The molecule has 0 radical (unpaired) electrons. The second kappa shape index (κ2) is 10.1. The summed E-state index contributed by atoms with van der Waals surface area (Å²) in [4.78, 5) is 4.26. The highest BCUT2D eigenvalue weighted by Crippen LogP contribution is 2.28. The van der Waals surface area contributed by atoms with Crippen molar-refractivity contribution in [1.82, 2.24) is 10.6 Å². The summed E-state index contributed by atoms with van der Waals surface area (Å²) in [6, 6.07) is 7.78. The number of hydrogen-bond donors (Lipinski definition) is 2. The third-order valence-corrected chi connectivity index (χ3v) is 5.39. The zero-order chi connectivity index (χ0) is 19.0. The van der Waals surface area contributed by atoms with Crippen LogP contribution in [0.25, 0.3) is 0 Å². The van der Waals surface area contributed by atoms with Crippen molar-refractivity contribution in [3.8, 4) is 0 Å². The Balaban J connectivity index is 1.74. The zero-order valence-electron chi connectivity index (χ0n) is 15.1. The van der Waals surface area contributed by atoms with Crippen LogP contribution in [0.4, 0.5) is 13.2 Å². The molecule has 2 rings (SSSR count). The first-order chi connectivity index (χ1) is 12.4. The van der Waals surface area contributed by atoms with E-state index in [1.165, 1.54) is 6.42 Å². The maximum atomic E-state index is 12.1. The molecule has 1 fully saturated rings. The fraction of sp³-hybridized carbons (Fsp3) is 0.611. The molecular weight excluding hydrogens is 363 g/mol. The highest BCUT2D eigenvalue weighted by molar-refractivity contribution is 7.99. The zero-order valence-corrected chi connectivity index (χ0v) is 15.9. The largest absolute Gasteiger partial charge is 0.411 e. The van der Waals surface area contributed by atoms with Crippen molar-refractivity contribution in [2.45, 2.75) is 49.9 Å². The van der Waals surface area contributed by atoms with Gasteiger partial charge in [-0.2, -0.15) is 24.9 Å². The van der Waals surface area contributed by atoms with Gasteiger partial charge in [0, 0.05) is 24.9 Å². The van der Waals surface area contributed by atoms with E-state index < -0.39 is 12.8 Å². The lowest BCUT2D eigenvalue weighted by Crippen LogP contribution is -2.42. The van der Waals surface area contributed by atoms with E-state index in [1.807, 2.05) is 23.9 Å². The van der Waals surface area contributed by atoms with E-state index in [-0.39, 0.29) is 6.61 Å². The van der Waals surface area contributed by atoms with Crippen LogP contribution in [0.3, 0.4) is 0 Å². The Labute approximate surface area is 157 Å². The molecule has 2 N–H and O–H groups in total. The fourth-order valence-electron chi connectivity index (χ4n) is 2.90.